The molecule has 39 heavy (non-hydrogen) atoms. The van der Waals surface area contributed by atoms with Crippen LogP contribution in [0.1, 0.15) is 32.6 Å². The number of aryl methyl sites for hydroxylation is 2. The van der Waals surface area contributed by atoms with Crippen molar-refractivity contribution in [1.29, 1.82) is 0 Å². The first-order chi connectivity index (χ1) is 18.5. The Morgan fingerprint density at radius 1 is 1.00 bits per heavy atom. The van der Waals surface area contributed by atoms with Gasteiger partial charge in [0.2, 0.25) is 5.91 Å². The molecule has 4 rings (SSSR count). The average molecular weight is 585 g/mol. The third-order valence-electron chi connectivity index (χ3n) is 5.87. The fourth-order valence-electron chi connectivity index (χ4n) is 3.65. The molecule has 11 heteroatoms. The molecular weight excluding hydrogens is 563 g/mol. The molecule has 0 spiro atoms. The van der Waals surface area contributed by atoms with Gasteiger partial charge in [0.25, 0.3) is 11.1 Å². The molecular formula is C28H22Cl2N2O6S. The van der Waals surface area contributed by atoms with Crippen LogP contribution in [0.5, 0.6) is 5.75 Å². The van der Waals surface area contributed by atoms with E-state index in [1.165, 1.54) is 30.3 Å². The van der Waals surface area contributed by atoms with E-state index in [9.17, 15) is 19.2 Å². The second-order valence-electron chi connectivity index (χ2n) is 8.72. The largest absolute Gasteiger partial charge is 0.486 e. The highest BCUT2D eigenvalue weighted by Crippen LogP contribution is 2.37. The molecule has 2 N–H and O–H groups in total. The zero-order valence-electron chi connectivity index (χ0n) is 20.8. The molecule has 200 valence electrons. The Bertz CT molecular complexity index is 1500. The van der Waals surface area contributed by atoms with E-state index in [1.54, 1.807) is 18.2 Å². The average Bonchev–Trinajstić information content (AvgIpc) is 3.13. The number of rotatable bonds is 8. The lowest BCUT2D eigenvalue weighted by Gasteiger charge is -2.13. The number of nitrogens with zero attached hydrogens (tertiary/aromatic N) is 1. The summed E-state index contributed by atoms with van der Waals surface area (Å²) in [7, 11) is 0. The van der Waals surface area contributed by atoms with E-state index in [4.69, 9.17) is 33.0 Å². The predicted octanol–water partition coefficient (Wildman–Crippen LogP) is 6.56. The number of benzene rings is 3. The smallest absolute Gasteiger partial charge is 0.335 e. The van der Waals surface area contributed by atoms with E-state index in [-0.39, 0.29) is 32.9 Å². The van der Waals surface area contributed by atoms with Crippen molar-refractivity contribution in [3.8, 4) is 5.75 Å². The van der Waals surface area contributed by atoms with Crippen molar-refractivity contribution in [1.82, 2.24) is 4.90 Å². The molecule has 3 amide bonds. The van der Waals surface area contributed by atoms with Crippen LogP contribution in [0.3, 0.4) is 0 Å². The Kier molecular flexibility index (Phi) is 8.64. The lowest BCUT2D eigenvalue weighted by molar-refractivity contribution is -0.127. The van der Waals surface area contributed by atoms with Crippen molar-refractivity contribution >= 4 is 69.8 Å². The van der Waals surface area contributed by atoms with Gasteiger partial charge in [-0.3, -0.25) is 19.3 Å². The van der Waals surface area contributed by atoms with Gasteiger partial charge in [-0.05, 0) is 90.3 Å². The van der Waals surface area contributed by atoms with Crippen molar-refractivity contribution < 1.29 is 29.0 Å². The maximum absolute atomic E-state index is 12.9. The van der Waals surface area contributed by atoms with Gasteiger partial charge in [0.15, 0.2) is 5.75 Å². The first kappa shape index (κ1) is 28.2. The highest BCUT2D eigenvalue weighted by Gasteiger charge is 2.36. The number of carboxylic acids is 1. The maximum atomic E-state index is 12.9. The number of ether oxygens (including phenoxy) is 1. The number of amides is 3. The Balaban J connectivity index is 1.42. The number of carbonyl (C=O) groups excluding carboxylic acids is 3. The molecule has 3 aromatic carbocycles. The van der Waals surface area contributed by atoms with Crippen LogP contribution in [-0.4, -0.2) is 39.6 Å². The number of carbonyl (C=O) groups is 4. The molecule has 3 aromatic rings. The van der Waals surface area contributed by atoms with Gasteiger partial charge in [-0.1, -0.05) is 41.4 Å². The summed E-state index contributed by atoms with van der Waals surface area (Å²) in [6.07, 6.45) is 1.47. The van der Waals surface area contributed by atoms with Crippen molar-refractivity contribution in [2.75, 3.05) is 11.9 Å². The monoisotopic (exact) mass is 584 g/mol. The van der Waals surface area contributed by atoms with Crippen molar-refractivity contribution in [2.45, 2.75) is 20.5 Å². The first-order valence-corrected chi connectivity index (χ1v) is 13.2. The second-order valence-corrected chi connectivity index (χ2v) is 10.5. The van der Waals surface area contributed by atoms with Crippen LogP contribution in [0.2, 0.25) is 10.0 Å². The third-order valence-corrected chi connectivity index (χ3v) is 7.34. The molecule has 8 nitrogen and oxygen atoms in total. The van der Waals surface area contributed by atoms with Crippen LogP contribution in [0.4, 0.5) is 10.5 Å². The van der Waals surface area contributed by atoms with Crippen molar-refractivity contribution in [2.24, 2.45) is 0 Å². The molecule has 0 saturated carbocycles. The van der Waals surface area contributed by atoms with E-state index in [0.717, 1.165) is 16.0 Å². The van der Waals surface area contributed by atoms with Gasteiger partial charge in [0.1, 0.15) is 13.2 Å². The molecule has 1 saturated heterocycles. The van der Waals surface area contributed by atoms with Gasteiger partial charge < -0.3 is 15.2 Å². The Labute approximate surface area is 238 Å². The summed E-state index contributed by atoms with van der Waals surface area (Å²) in [6, 6.07) is 14.7. The fraction of sp³-hybridized carbons (Fsp3) is 0.143. The quantitative estimate of drug-likeness (QED) is 0.288. The summed E-state index contributed by atoms with van der Waals surface area (Å²) in [6.45, 7) is 3.56. The predicted molar refractivity (Wildman–Crippen MR) is 151 cm³/mol. The molecule has 0 radical (unpaired) electrons. The minimum absolute atomic E-state index is 0.0990. The third kappa shape index (κ3) is 6.81. The molecule has 0 aromatic heterocycles. The molecule has 0 aliphatic carbocycles. The molecule has 1 aliphatic rings. The number of carboxylic acid groups (broad SMARTS) is 1. The van der Waals surface area contributed by atoms with Gasteiger partial charge in [-0.25, -0.2) is 4.79 Å². The molecule has 0 unspecified atom stereocenters. The van der Waals surface area contributed by atoms with E-state index in [1.807, 2.05) is 26.0 Å². The van der Waals surface area contributed by atoms with Gasteiger partial charge in [0, 0.05) is 5.69 Å². The van der Waals surface area contributed by atoms with E-state index in [2.05, 4.69) is 5.32 Å². The van der Waals surface area contributed by atoms with Crippen LogP contribution in [0.15, 0.2) is 59.5 Å². The van der Waals surface area contributed by atoms with Crippen LogP contribution in [0.25, 0.3) is 6.08 Å². The van der Waals surface area contributed by atoms with Gasteiger partial charge >= 0.3 is 5.97 Å². The van der Waals surface area contributed by atoms with Crippen LogP contribution in [-0.2, 0) is 16.2 Å². The molecule has 0 bridgehead atoms. The fourth-order valence-corrected chi connectivity index (χ4v) is 5.10. The SMILES string of the molecule is Cc1ccc(NC(=O)CN2C(=O)S/C(=C/c3cc(Cl)c(OCc4ccc(C(=O)O)cc4)c(Cl)c3)C2=O)cc1C. The number of thioether (sulfide) groups is 1. The standard InChI is InChI=1S/C28H22Cl2N2O6S/c1-15-3-8-20(9-16(15)2)31-24(33)13-32-26(34)23(39-28(32)37)12-18-10-21(29)25(22(30)11-18)38-14-17-4-6-19(7-5-17)27(35)36/h3-12H,13-14H2,1-2H3,(H,31,33)(H,35,36)/b23-12+. The summed E-state index contributed by atoms with van der Waals surface area (Å²) in [4.78, 5) is 49.9. The number of imide groups is 1. The molecule has 0 atom stereocenters. The first-order valence-electron chi connectivity index (χ1n) is 11.6. The van der Waals surface area contributed by atoms with E-state index < -0.39 is 29.6 Å². The van der Waals surface area contributed by atoms with Crippen LogP contribution >= 0.6 is 35.0 Å². The lowest BCUT2D eigenvalue weighted by Crippen LogP contribution is -2.36. The summed E-state index contributed by atoms with van der Waals surface area (Å²) in [5.41, 5.74) is 4.00. The zero-order chi connectivity index (χ0) is 28.3. The Morgan fingerprint density at radius 3 is 2.28 bits per heavy atom. The normalized spacial score (nSPS) is 14.2. The Hall–Kier alpha value is -3.79. The number of anilines is 1. The molecule has 1 fully saturated rings. The van der Waals surface area contributed by atoms with Crippen LogP contribution < -0.4 is 10.1 Å². The molecule has 1 heterocycles. The Morgan fingerprint density at radius 2 is 1.67 bits per heavy atom. The van der Waals surface area contributed by atoms with Crippen LogP contribution in [0, 0.1) is 13.8 Å². The highest BCUT2D eigenvalue weighted by molar-refractivity contribution is 8.18. The summed E-state index contributed by atoms with van der Waals surface area (Å²) in [5, 5.41) is 11.5. The van der Waals surface area contributed by atoms with Gasteiger partial charge in [-0.15, -0.1) is 0 Å². The number of nitrogens with one attached hydrogen (secondary N) is 1. The van der Waals surface area contributed by atoms with E-state index >= 15 is 0 Å². The summed E-state index contributed by atoms with van der Waals surface area (Å²) >= 11 is 13.5. The highest BCUT2D eigenvalue weighted by atomic mass is 35.5. The number of aromatic carboxylic acids is 1. The van der Waals surface area contributed by atoms with Crippen molar-refractivity contribution in [3.63, 3.8) is 0 Å². The lowest BCUT2D eigenvalue weighted by atomic mass is 10.1. The number of hydrogen-bond donors (Lipinski definition) is 2. The summed E-state index contributed by atoms with van der Waals surface area (Å²) in [5.74, 6) is -1.90. The minimum Gasteiger partial charge on any atom is -0.486 e. The van der Waals surface area contributed by atoms with Gasteiger partial charge in [0.05, 0.1) is 20.5 Å². The number of halogens is 2. The van der Waals surface area contributed by atoms with E-state index in [0.29, 0.717) is 28.6 Å². The topological polar surface area (TPSA) is 113 Å². The maximum Gasteiger partial charge on any atom is 0.335 e. The zero-order valence-corrected chi connectivity index (χ0v) is 23.1. The number of hydrogen-bond acceptors (Lipinski definition) is 6. The second kappa shape index (κ2) is 11.9. The summed E-state index contributed by atoms with van der Waals surface area (Å²) < 4.78 is 5.73. The van der Waals surface area contributed by atoms with Crippen molar-refractivity contribution in [3.05, 3.63) is 97.4 Å². The molecule has 1 aliphatic heterocycles. The van der Waals surface area contributed by atoms with Gasteiger partial charge in [-0.2, -0.15) is 0 Å². The minimum atomic E-state index is -1.03.